The van der Waals surface area contributed by atoms with Crippen molar-refractivity contribution in [3.05, 3.63) is 43.8 Å². The van der Waals surface area contributed by atoms with Gasteiger partial charge in [0.2, 0.25) is 0 Å². The van der Waals surface area contributed by atoms with Gasteiger partial charge in [0.25, 0.3) is 5.91 Å². The molecule has 1 aromatic heterocycles. The third kappa shape index (κ3) is 3.09. The van der Waals surface area contributed by atoms with Gasteiger partial charge >= 0.3 is 5.97 Å². The van der Waals surface area contributed by atoms with Crippen LogP contribution in [0.5, 0.6) is 0 Å². The van der Waals surface area contributed by atoms with Gasteiger partial charge in [0, 0.05) is 10.4 Å². The van der Waals surface area contributed by atoms with Crippen LogP contribution in [0.4, 0.5) is 5.69 Å². The minimum absolute atomic E-state index is 0.000722. The summed E-state index contributed by atoms with van der Waals surface area (Å²) in [7, 11) is 0. The highest BCUT2D eigenvalue weighted by Gasteiger charge is 2.19. The number of carboxylic acid groups (broad SMARTS) is 1. The molecular formula is C12H8Cl2N2O3S. The van der Waals surface area contributed by atoms with E-state index in [0.29, 0.717) is 0 Å². The number of benzene rings is 1. The Bertz CT molecular complexity index is 700. The number of halogens is 2. The number of hydrogen-bond donors (Lipinski definition) is 2. The van der Waals surface area contributed by atoms with E-state index in [4.69, 9.17) is 28.3 Å². The van der Waals surface area contributed by atoms with Crippen LogP contribution in [-0.2, 0) is 0 Å². The number of amides is 1. The average Bonchev–Trinajstić information content (AvgIpc) is 2.78. The molecule has 20 heavy (non-hydrogen) atoms. The monoisotopic (exact) mass is 330 g/mol. The molecule has 0 aliphatic carbocycles. The van der Waals surface area contributed by atoms with Gasteiger partial charge in [-0.25, -0.2) is 9.78 Å². The highest BCUT2D eigenvalue weighted by Crippen LogP contribution is 2.30. The van der Waals surface area contributed by atoms with Gasteiger partial charge in [-0.15, -0.1) is 11.3 Å². The van der Waals surface area contributed by atoms with Crippen molar-refractivity contribution in [2.75, 3.05) is 5.32 Å². The number of carbonyl (C=O) groups is 2. The summed E-state index contributed by atoms with van der Waals surface area (Å²) in [6, 6.07) is 2.58. The van der Waals surface area contributed by atoms with Gasteiger partial charge in [-0.2, -0.15) is 0 Å². The summed E-state index contributed by atoms with van der Waals surface area (Å²) in [5.74, 6) is -1.76. The Morgan fingerprint density at radius 3 is 2.60 bits per heavy atom. The molecule has 0 aliphatic heterocycles. The lowest BCUT2D eigenvalue weighted by Crippen LogP contribution is -2.15. The molecule has 1 amide bonds. The maximum atomic E-state index is 12.0. The lowest BCUT2D eigenvalue weighted by molar-refractivity contribution is 0.0698. The number of nitrogens with one attached hydrogen (secondary N) is 1. The van der Waals surface area contributed by atoms with Gasteiger partial charge in [-0.3, -0.25) is 4.79 Å². The molecule has 0 fully saturated rings. The van der Waals surface area contributed by atoms with Crippen molar-refractivity contribution in [2.45, 2.75) is 6.92 Å². The predicted octanol–water partition coefficient (Wildman–Crippen LogP) is 3.71. The van der Waals surface area contributed by atoms with Crippen LogP contribution in [0.2, 0.25) is 10.0 Å². The fraction of sp³-hybridized carbons (Fsp3) is 0.0833. The molecule has 0 aliphatic rings. The number of anilines is 1. The van der Waals surface area contributed by atoms with Gasteiger partial charge in [-0.05, 0) is 19.1 Å². The summed E-state index contributed by atoms with van der Waals surface area (Å²) >= 11 is 13.0. The first kappa shape index (κ1) is 14.8. The summed E-state index contributed by atoms with van der Waals surface area (Å²) in [4.78, 5) is 27.2. The molecule has 2 aromatic rings. The maximum Gasteiger partial charge on any atom is 0.337 e. The second-order valence-corrected chi connectivity index (χ2v) is 5.73. The Labute approximate surface area is 128 Å². The molecule has 104 valence electrons. The lowest BCUT2D eigenvalue weighted by atomic mass is 10.1. The number of aromatic nitrogens is 1. The van der Waals surface area contributed by atoms with Gasteiger partial charge in [0.15, 0.2) is 0 Å². The van der Waals surface area contributed by atoms with E-state index in [9.17, 15) is 9.59 Å². The maximum absolute atomic E-state index is 12.0. The topological polar surface area (TPSA) is 79.3 Å². The zero-order valence-corrected chi connectivity index (χ0v) is 12.4. The van der Waals surface area contributed by atoms with Crippen molar-refractivity contribution >= 4 is 52.1 Å². The molecular weight excluding hydrogens is 323 g/mol. The largest absolute Gasteiger partial charge is 0.478 e. The van der Waals surface area contributed by atoms with Gasteiger partial charge in [0.1, 0.15) is 5.69 Å². The molecule has 5 nitrogen and oxygen atoms in total. The highest BCUT2D eigenvalue weighted by atomic mass is 35.5. The molecule has 0 bridgehead atoms. The highest BCUT2D eigenvalue weighted by molar-refractivity contribution is 7.09. The number of rotatable bonds is 3. The van der Waals surface area contributed by atoms with E-state index in [-0.39, 0.29) is 27.0 Å². The minimum atomic E-state index is -1.24. The van der Waals surface area contributed by atoms with Crippen molar-refractivity contribution < 1.29 is 14.7 Å². The molecule has 1 aromatic carbocycles. The molecule has 8 heteroatoms. The second-order valence-electron chi connectivity index (χ2n) is 3.82. The van der Waals surface area contributed by atoms with Crippen LogP contribution in [0.1, 0.15) is 25.9 Å². The van der Waals surface area contributed by atoms with E-state index in [2.05, 4.69) is 10.3 Å². The molecule has 0 radical (unpaired) electrons. The van der Waals surface area contributed by atoms with E-state index in [1.807, 2.05) is 0 Å². The van der Waals surface area contributed by atoms with Crippen LogP contribution in [0.25, 0.3) is 0 Å². The molecule has 0 unspecified atom stereocenters. The standard InChI is InChI=1S/C12H8Cl2N2O3S/c1-5-15-9(4-20-5)11(17)16-10-7(12(18)19)2-6(13)3-8(10)14/h2-4H,1H3,(H,16,17)(H,18,19). The lowest BCUT2D eigenvalue weighted by Gasteiger charge is -2.10. The Hall–Kier alpha value is -1.63. The first-order valence-corrected chi connectivity index (χ1v) is 6.98. The molecule has 2 N–H and O–H groups in total. The molecule has 2 rings (SSSR count). The quantitative estimate of drug-likeness (QED) is 0.899. The number of aromatic carboxylic acids is 1. The minimum Gasteiger partial charge on any atom is -0.478 e. The third-order valence-corrected chi connectivity index (χ3v) is 3.67. The van der Waals surface area contributed by atoms with Crippen LogP contribution < -0.4 is 5.32 Å². The molecule has 0 saturated heterocycles. The zero-order chi connectivity index (χ0) is 14.9. The van der Waals surface area contributed by atoms with Crippen molar-refractivity contribution in [2.24, 2.45) is 0 Å². The smallest absolute Gasteiger partial charge is 0.337 e. The first-order valence-electron chi connectivity index (χ1n) is 5.34. The number of carbonyl (C=O) groups excluding carboxylic acids is 1. The first-order chi connectivity index (χ1) is 9.38. The van der Waals surface area contributed by atoms with E-state index in [1.165, 1.54) is 23.5 Å². The molecule has 0 spiro atoms. The van der Waals surface area contributed by atoms with E-state index >= 15 is 0 Å². The van der Waals surface area contributed by atoms with Crippen LogP contribution >= 0.6 is 34.5 Å². The fourth-order valence-corrected chi connectivity index (χ4v) is 2.65. The SMILES string of the molecule is Cc1nc(C(=O)Nc2c(Cl)cc(Cl)cc2C(=O)O)cs1. The summed E-state index contributed by atoms with van der Waals surface area (Å²) in [5, 5.41) is 14.1. The Morgan fingerprint density at radius 1 is 1.35 bits per heavy atom. The second kappa shape index (κ2) is 5.78. The fourth-order valence-electron chi connectivity index (χ4n) is 1.51. The Balaban J connectivity index is 2.38. The van der Waals surface area contributed by atoms with Gasteiger partial charge in [-0.1, -0.05) is 23.2 Å². The Kier molecular flexibility index (Phi) is 4.27. The van der Waals surface area contributed by atoms with Gasteiger partial charge in [0.05, 0.1) is 21.3 Å². The van der Waals surface area contributed by atoms with Crippen molar-refractivity contribution in [1.29, 1.82) is 0 Å². The van der Waals surface area contributed by atoms with E-state index in [0.717, 1.165) is 5.01 Å². The van der Waals surface area contributed by atoms with Crippen molar-refractivity contribution in [1.82, 2.24) is 4.98 Å². The molecule has 1 heterocycles. The van der Waals surface area contributed by atoms with Crippen LogP contribution in [0.15, 0.2) is 17.5 Å². The van der Waals surface area contributed by atoms with Crippen LogP contribution in [0.3, 0.4) is 0 Å². The number of thiazole rings is 1. The number of aryl methyl sites for hydroxylation is 1. The van der Waals surface area contributed by atoms with E-state index < -0.39 is 11.9 Å². The van der Waals surface area contributed by atoms with E-state index in [1.54, 1.807) is 12.3 Å². The van der Waals surface area contributed by atoms with Crippen molar-refractivity contribution in [3.63, 3.8) is 0 Å². The molecule has 0 saturated carbocycles. The normalized spacial score (nSPS) is 10.3. The van der Waals surface area contributed by atoms with Gasteiger partial charge < -0.3 is 10.4 Å². The summed E-state index contributed by atoms with van der Waals surface area (Å²) in [6.45, 7) is 1.76. The number of carboxylic acids is 1. The van der Waals surface area contributed by atoms with Crippen molar-refractivity contribution in [3.8, 4) is 0 Å². The summed E-state index contributed by atoms with van der Waals surface area (Å²) < 4.78 is 0. The number of nitrogens with zero attached hydrogens (tertiary/aromatic N) is 1. The summed E-state index contributed by atoms with van der Waals surface area (Å²) in [6.07, 6.45) is 0. The van der Waals surface area contributed by atoms with Crippen LogP contribution in [0, 0.1) is 6.92 Å². The summed E-state index contributed by atoms with van der Waals surface area (Å²) in [5.41, 5.74) is 0.0249. The third-order valence-electron chi connectivity index (χ3n) is 2.38. The number of hydrogen-bond acceptors (Lipinski definition) is 4. The van der Waals surface area contributed by atoms with Crippen LogP contribution in [-0.4, -0.2) is 22.0 Å². The molecule has 0 atom stereocenters. The zero-order valence-electron chi connectivity index (χ0n) is 10.1. The Morgan fingerprint density at radius 2 is 2.05 bits per heavy atom. The predicted molar refractivity (Wildman–Crippen MR) is 78.2 cm³/mol. The average molecular weight is 331 g/mol.